The Labute approximate surface area is 114 Å². The summed E-state index contributed by atoms with van der Waals surface area (Å²) in [5.74, 6) is 0.742. The molecular formula is C16H29NSi. The van der Waals surface area contributed by atoms with Crippen LogP contribution in [0.4, 0.5) is 0 Å². The molecule has 0 amide bonds. The van der Waals surface area contributed by atoms with E-state index in [0.717, 1.165) is 19.0 Å². The van der Waals surface area contributed by atoms with Crippen molar-refractivity contribution in [2.45, 2.75) is 47.0 Å². The van der Waals surface area contributed by atoms with Crippen LogP contribution >= 0.6 is 0 Å². The van der Waals surface area contributed by atoms with Gasteiger partial charge in [-0.05, 0) is 18.0 Å². The van der Waals surface area contributed by atoms with Gasteiger partial charge < -0.3 is 0 Å². The Kier molecular flexibility index (Phi) is 5.61. The van der Waals surface area contributed by atoms with Gasteiger partial charge in [0.05, 0.1) is 8.07 Å². The third-order valence-corrected chi connectivity index (χ3v) is 5.36. The molecule has 0 radical (unpaired) electrons. The van der Waals surface area contributed by atoms with Crippen LogP contribution in [0.2, 0.25) is 19.6 Å². The Morgan fingerprint density at radius 2 is 1.61 bits per heavy atom. The van der Waals surface area contributed by atoms with Gasteiger partial charge in [-0.3, -0.25) is 4.90 Å². The zero-order valence-corrected chi connectivity index (χ0v) is 14.0. The molecule has 0 aliphatic heterocycles. The summed E-state index contributed by atoms with van der Waals surface area (Å²) in [6.45, 7) is 17.4. The lowest BCUT2D eigenvalue weighted by Gasteiger charge is -2.23. The molecule has 0 spiro atoms. The average Bonchev–Trinajstić information content (AvgIpc) is 2.27. The van der Waals surface area contributed by atoms with Gasteiger partial charge >= 0.3 is 0 Å². The molecule has 102 valence electrons. The lowest BCUT2D eigenvalue weighted by molar-refractivity contribution is 0.248. The van der Waals surface area contributed by atoms with E-state index < -0.39 is 8.07 Å². The molecule has 1 nitrogen and oxygen atoms in total. The summed E-state index contributed by atoms with van der Waals surface area (Å²) in [6.07, 6.45) is 0. The minimum absolute atomic E-state index is 0.742. The van der Waals surface area contributed by atoms with Gasteiger partial charge in [0.1, 0.15) is 0 Å². The number of nitrogens with zero attached hydrogens (tertiary/aromatic N) is 1. The monoisotopic (exact) mass is 263 g/mol. The molecule has 0 unspecified atom stereocenters. The van der Waals surface area contributed by atoms with Crippen molar-refractivity contribution in [3.8, 4) is 0 Å². The van der Waals surface area contributed by atoms with Gasteiger partial charge in [0, 0.05) is 13.1 Å². The number of hydrogen-bond donors (Lipinski definition) is 0. The fourth-order valence-corrected chi connectivity index (χ4v) is 3.36. The number of hydrogen-bond acceptors (Lipinski definition) is 1. The van der Waals surface area contributed by atoms with Gasteiger partial charge in [-0.2, -0.15) is 0 Å². The van der Waals surface area contributed by atoms with Gasteiger partial charge in [-0.1, -0.05) is 69.9 Å². The SMILES string of the molecule is CCN(Cc1ccc([Si](C)(C)C)cc1)CC(C)C. The first-order chi connectivity index (χ1) is 8.32. The summed E-state index contributed by atoms with van der Waals surface area (Å²) in [7, 11) is -1.14. The quantitative estimate of drug-likeness (QED) is 0.707. The Hall–Kier alpha value is -0.603. The standard InChI is InChI=1S/C16H29NSi/c1-7-17(12-14(2)3)13-15-8-10-16(11-9-15)18(4,5)6/h8-11,14H,7,12-13H2,1-6H3. The first-order valence-corrected chi connectivity index (χ1v) is 10.6. The fraction of sp³-hybridized carbons (Fsp3) is 0.625. The molecule has 1 aromatic carbocycles. The van der Waals surface area contributed by atoms with Crippen LogP contribution in [-0.2, 0) is 6.54 Å². The molecule has 0 saturated heterocycles. The van der Waals surface area contributed by atoms with Crippen LogP contribution in [0.5, 0.6) is 0 Å². The Balaban J connectivity index is 2.68. The van der Waals surface area contributed by atoms with E-state index in [1.165, 1.54) is 12.1 Å². The van der Waals surface area contributed by atoms with Crippen molar-refractivity contribution in [1.29, 1.82) is 0 Å². The zero-order valence-electron chi connectivity index (χ0n) is 13.0. The Bertz CT molecular complexity index is 348. The first-order valence-electron chi connectivity index (χ1n) is 7.14. The molecule has 0 aliphatic carbocycles. The van der Waals surface area contributed by atoms with Crippen molar-refractivity contribution in [2.75, 3.05) is 13.1 Å². The van der Waals surface area contributed by atoms with Crippen LogP contribution in [0.3, 0.4) is 0 Å². The van der Waals surface area contributed by atoms with Crippen LogP contribution in [-0.4, -0.2) is 26.1 Å². The second-order valence-corrected chi connectivity index (χ2v) is 11.7. The van der Waals surface area contributed by atoms with E-state index >= 15 is 0 Å². The van der Waals surface area contributed by atoms with Crippen LogP contribution in [0, 0.1) is 5.92 Å². The van der Waals surface area contributed by atoms with Gasteiger partial charge in [0.2, 0.25) is 0 Å². The van der Waals surface area contributed by atoms with Crippen LogP contribution in [0.15, 0.2) is 24.3 Å². The molecule has 1 aromatic rings. The maximum atomic E-state index is 2.52. The molecule has 0 bridgehead atoms. The molecule has 0 N–H and O–H groups in total. The van der Waals surface area contributed by atoms with Gasteiger partial charge in [-0.15, -0.1) is 0 Å². The normalized spacial score (nSPS) is 12.4. The second-order valence-electron chi connectivity index (χ2n) is 6.67. The van der Waals surface area contributed by atoms with Crippen LogP contribution in [0.25, 0.3) is 0 Å². The maximum absolute atomic E-state index is 2.52. The molecule has 2 heteroatoms. The summed E-state index contributed by atoms with van der Waals surface area (Å²) in [5.41, 5.74) is 1.44. The zero-order chi connectivity index (χ0) is 13.8. The van der Waals surface area contributed by atoms with Crippen LogP contribution < -0.4 is 5.19 Å². The van der Waals surface area contributed by atoms with E-state index in [4.69, 9.17) is 0 Å². The summed E-state index contributed by atoms with van der Waals surface area (Å²) in [4.78, 5) is 2.52. The van der Waals surface area contributed by atoms with E-state index in [1.54, 1.807) is 5.19 Å². The van der Waals surface area contributed by atoms with E-state index in [1.807, 2.05) is 0 Å². The molecule has 0 fully saturated rings. The molecule has 0 heterocycles. The summed E-state index contributed by atoms with van der Waals surface area (Å²) < 4.78 is 0. The average molecular weight is 264 g/mol. The van der Waals surface area contributed by atoms with Crippen molar-refractivity contribution < 1.29 is 0 Å². The smallest absolute Gasteiger partial charge is 0.0775 e. The topological polar surface area (TPSA) is 3.24 Å². The highest BCUT2D eigenvalue weighted by atomic mass is 28.3. The third kappa shape index (κ3) is 4.95. The van der Waals surface area contributed by atoms with Crippen LogP contribution in [0.1, 0.15) is 26.3 Å². The third-order valence-electron chi connectivity index (χ3n) is 3.30. The molecule has 0 aromatic heterocycles. The van der Waals surface area contributed by atoms with E-state index in [9.17, 15) is 0 Å². The van der Waals surface area contributed by atoms with Gasteiger partial charge in [0.25, 0.3) is 0 Å². The van der Waals surface area contributed by atoms with Crippen molar-refractivity contribution in [1.82, 2.24) is 4.90 Å². The summed E-state index contributed by atoms with van der Waals surface area (Å²) >= 11 is 0. The lowest BCUT2D eigenvalue weighted by atomic mass is 10.1. The minimum atomic E-state index is -1.14. The van der Waals surface area contributed by atoms with E-state index in [2.05, 4.69) is 69.6 Å². The largest absolute Gasteiger partial charge is 0.299 e. The van der Waals surface area contributed by atoms with Gasteiger partial charge in [-0.25, -0.2) is 0 Å². The van der Waals surface area contributed by atoms with Crippen molar-refractivity contribution in [3.63, 3.8) is 0 Å². The molecular weight excluding hydrogens is 234 g/mol. The number of benzene rings is 1. The molecule has 0 saturated carbocycles. The first kappa shape index (κ1) is 15.5. The highest BCUT2D eigenvalue weighted by molar-refractivity contribution is 6.88. The van der Waals surface area contributed by atoms with Crippen molar-refractivity contribution in [2.24, 2.45) is 5.92 Å². The molecule has 0 aliphatic rings. The highest BCUT2D eigenvalue weighted by Gasteiger charge is 2.15. The predicted octanol–water partition coefficient (Wildman–Crippen LogP) is 3.71. The van der Waals surface area contributed by atoms with Crippen molar-refractivity contribution in [3.05, 3.63) is 29.8 Å². The Morgan fingerprint density at radius 1 is 1.06 bits per heavy atom. The summed E-state index contributed by atoms with van der Waals surface area (Å²) in [6, 6.07) is 9.31. The van der Waals surface area contributed by atoms with E-state index in [-0.39, 0.29) is 0 Å². The molecule has 0 atom stereocenters. The lowest BCUT2D eigenvalue weighted by Crippen LogP contribution is -2.37. The van der Waals surface area contributed by atoms with Gasteiger partial charge in [0.15, 0.2) is 0 Å². The Morgan fingerprint density at radius 3 is 2.00 bits per heavy atom. The second kappa shape index (κ2) is 6.53. The minimum Gasteiger partial charge on any atom is -0.299 e. The fourth-order valence-electron chi connectivity index (χ4n) is 2.19. The maximum Gasteiger partial charge on any atom is 0.0775 e. The summed E-state index contributed by atoms with van der Waals surface area (Å²) in [5, 5.41) is 1.55. The predicted molar refractivity (Wildman–Crippen MR) is 85.2 cm³/mol. The number of rotatable bonds is 6. The van der Waals surface area contributed by atoms with Crippen molar-refractivity contribution >= 4 is 13.3 Å². The molecule has 18 heavy (non-hydrogen) atoms. The van der Waals surface area contributed by atoms with E-state index in [0.29, 0.717) is 0 Å². The highest BCUT2D eigenvalue weighted by Crippen LogP contribution is 2.08. The molecule has 1 rings (SSSR count).